The summed E-state index contributed by atoms with van der Waals surface area (Å²) in [6.07, 6.45) is -0.281. The quantitative estimate of drug-likeness (QED) is 0.188. The molecule has 58 heavy (non-hydrogen) atoms. The monoisotopic (exact) mass is 741 g/mol. The molecule has 9 aromatic carbocycles. The Hall–Kier alpha value is -7.76. The number of hydrogen-bond donors (Lipinski definition) is 1. The van der Waals surface area contributed by atoms with E-state index in [2.05, 4.69) is 190 Å². The van der Waals surface area contributed by atoms with Gasteiger partial charge in [-0.15, -0.1) is 0 Å². The maximum Gasteiger partial charge on any atom is 0.159 e. The fourth-order valence-electron chi connectivity index (χ4n) is 9.07. The van der Waals surface area contributed by atoms with Gasteiger partial charge in [0.15, 0.2) is 5.84 Å². The molecule has 0 saturated carbocycles. The Morgan fingerprint density at radius 1 is 0.397 bits per heavy atom. The molecule has 1 N–H and O–H groups in total. The molecule has 5 heteroatoms. The number of benzene rings is 9. The van der Waals surface area contributed by atoms with E-state index >= 15 is 0 Å². The molecule has 1 aliphatic heterocycles. The van der Waals surface area contributed by atoms with E-state index in [1.165, 1.54) is 59.6 Å². The van der Waals surface area contributed by atoms with Crippen LogP contribution in [0.25, 0.3) is 76.5 Å². The summed E-state index contributed by atoms with van der Waals surface area (Å²) >= 11 is 0. The molecule has 12 rings (SSSR count). The summed E-state index contributed by atoms with van der Waals surface area (Å²) in [6, 6.07) is 71.6. The van der Waals surface area contributed by atoms with Gasteiger partial charge in [0.2, 0.25) is 0 Å². The van der Waals surface area contributed by atoms with E-state index in [9.17, 15) is 0 Å². The van der Waals surface area contributed by atoms with E-state index in [0.29, 0.717) is 5.84 Å². The zero-order valence-corrected chi connectivity index (χ0v) is 31.4. The largest absolute Gasteiger partial charge is 0.344 e. The lowest BCUT2D eigenvalue weighted by Crippen LogP contribution is -2.33. The van der Waals surface area contributed by atoms with Crippen LogP contribution in [0.5, 0.6) is 0 Å². The Morgan fingerprint density at radius 3 is 1.55 bits per heavy atom. The highest BCUT2D eigenvalue weighted by atomic mass is 15.2. The van der Waals surface area contributed by atoms with Crippen LogP contribution in [-0.4, -0.2) is 20.8 Å². The summed E-state index contributed by atoms with van der Waals surface area (Å²) in [4.78, 5) is 10.4. The second-order valence-electron chi connectivity index (χ2n) is 15.0. The van der Waals surface area contributed by atoms with E-state index in [4.69, 9.17) is 9.98 Å². The first-order valence-electron chi connectivity index (χ1n) is 19.8. The van der Waals surface area contributed by atoms with E-state index in [1.807, 2.05) is 24.3 Å². The van der Waals surface area contributed by atoms with Gasteiger partial charge in [0.1, 0.15) is 12.0 Å². The van der Waals surface area contributed by atoms with Crippen LogP contribution in [0.3, 0.4) is 0 Å². The highest BCUT2D eigenvalue weighted by Gasteiger charge is 2.24. The minimum atomic E-state index is -0.281. The van der Waals surface area contributed by atoms with Crippen molar-refractivity contribution in [1.29, 1.82) is 0 Å². The molecule has 272 valence electrons. The minimum Gasteiger partial charge on any atom is -0.344 e. The third kappa shape index (κ3) is 5.03. The predicted octanol–water partition coefficient (Wildman–Crippen LogP) is 12.7. The molecule has 1 unspecified atom stereocenters. The third-order valence-electron chi connectivity index (χ3n) is 11.7. The van der Waals surface area contributed by atoms with Gasteiger partial charge in [0.25, 0.3) is 0 Å². The number of fused-ring (bicyclic) bond motifs is 10. The van der Waals surface area contributed by atoms with Crippen molar-refractivity contribution in [2.24, 2.45) is 9.98 Å². The predicted molar refractivity (Wildman–Crippen MR) is 242 cm³/mol. The molecule has 0 bridgehead atoms. The zero-order chi connectivity index (χ0) is 38.2. The molecule has 0 radical (unpaired) electrons. The van der Waals surface area contributed by atoms with Crippen LogP contribution in [-0.2, 0) is 0 Å². The van der Waals surface area contributed by atoms with Gasteiger partial charge in [-0.1, -0.05) is 164 Å². The Kier molecular flexibility index (Phi) is 7.23. The molecular weight excluding hydrogens is 707 g/mol. The Bertz CT molecular complexity index is 3470. The maximum absolute atomic E-state index is 5.23. The van der Waals surface area contributed by atoms with Crippen molar-refractivity contribution in [3.63, 3.8) is 0 Å². The Labute approximate surface area is 334 Å². The van der Waals surface area contributed by atoms with Crippen LogP contribution < -0.4 is 5.32 Å². The number of aromatic nitrogens is 2. The summed E-state index contributed by atoms with van der Waals surface area (Å²) in [6.45, 7) is 0. The lowest BCUT2D eigenvalue weighted by Gasteiger charge is -2.24. The van der Waals surface area contributed by atoms with Crippen LogP contribution in [0.1, 0.15) is 22.9 Å². The lowest BCUT2D eigenvalue weighted by molar-refractivity contribution is 0.674. The van der Waals surface area contributed by atoms with Crippen molar-refractivity contribution < 1.29 is 0 Å². The molecule has 0 spiro atoms. The standard InChI is InChI=1S/C53H35N5/c1-4-17-36(18-5-1)51-54-52(37-19-6-2-7-20-37)56-53(55-51)38-21-14-24-40(31-38)58-48-33-45-43-29-27-34-15-10-12-25-41(34)49(43)57(39-22-8-3-9-23-39)47(45)32-46(48)44-30-28-35-16-11-13-26-42(35)50(44)58/h1-33,51H,(H,54,55,56). The molecule has 0 saturated heterocycles. The molecule has 1 atom stereocenters. The molecule has 3 heterocycles. The molecule has 1 aliphatic rings. The van der Waals surface area contributed by atoms with E-state index in [-0.39, 0.29) is 6.17 Å². The topological polar surface area (TPSA) is 46.6 Å². The summed E-state index contributed by atoms with van der Waals surface area (Å²) in [5.74, 6) is 1.50. The summed E-state index contributed by atoms with van der Waals surface area (Å²) in [7, 11) is 0. The van der Waals surface area contributed by atoms with E-state index < -0.39 is 0 Å². The minimum absolute atomic E-state index is 0.281. The van der Waals surface area contributed by atoms with Gasteiger partial charge in [-0.05, 0) is 52.7 Å². The van der Waals surface area contributed by atoms with Crippen molar-refractivity contribution in [3.05, 3.63) is 217 Å². The molecule has 2 aromatic heterocycles. The Balaban J connectivity index is 1.15. The number of aliphatic imine (C=N–C) groups is 2. The van der Waals surface area contributed by atoms with Crippen molar-refractivity contribution in [2.75, 3.05) is 0 Å². The highest BCUT2D eigenvalue weighted by molar-refractivity contribution is 6.25. The van der Waals surface area contributed by atoms with Gasteiger partial charge in [-0.25, -0.2) is 9.98 Å². The zero-order valence-electron chi connectivity index (χ0n) is 31.4. The summed E-state index contributed by atoms with van der Waals surface area (Å²) < 4.78 is 4.92. The number of nitrogens with one attached hydrogen (secondary N) is 1. The van der Waals surface area contributed by atoms with Gasteiger partial charge in [-0.3, -0.25) is 0 Å². The first-order chi connectivity index (χ1) is 28.8. The number of rotatable bonds is 5. The van der Waals surface area contributed by atoms with Gasteiger partial charge in [-0.2, -0.15) is 0 Å². The smallest absolute Gasteiger partial charge is 0.159 e. The van der Waals surface area contributed by atoms with Gasteiger partial charge in [0.05, 0.1) is 22.1 Å². The molecule has 0 aliphatic carbocycles. The SMILES string of the molecule is c1ccc(C2=NC(c3cccc(-n4c5cc6c7ccc8ccccc8c7n(-c7ccccc7)c6cc5c5ccc6ccccc6c54)c3)=NC(c3ccccc3)N2)cc1. The van der Waals surface area contributed by atoms with Crippen molar-refractivity contribution in [1.82, 2.24) is 14.5 Å². The summed E-state index contributed by atoms with van der Waals surface area (Å²) in [5.41, 5.74) is 10.0. The number of nitrogens with zero attached hydrogens (tertiary/aromatic N) is 4. The second-order valence-corrected chi connectivity index (χ2v) is 15.0. The first kappa shape index (κ1) is 32.5. The van der Waals surface area contributed by atoms with Gasteiger partial charge in [0, 0.05) is 54.8 Å². The molecule has 5 nitrogen and oxygen atoms in total. The average Bonchev–Trinajstić information content (AvgIpc) is 3.81. The molecular formula is C53H35N5. The number of hydrogen-bond acceptors (Lipinski definition) is 3. The molecule has 11 aromatic rings. The molecule has 0 amide bonds. The lowest BCUT2D eigenvalue weighted by atomic mass is 10.0. The van der Waals surface area contributed by atoms with E-state index in [1.54, 1.807) is 0 Å². The highest BCUT2D eigenvalue weighted by Crippen LogP contribution is 2.43. The van der Waals surface area contributed by atoms with Crippen LogP contribution in [0.2, 0.25) is 0 Å². The average molecular weight is 742 g/mol. The molecule has 0 fully saturated rings. The fraction of sp³-hybridized carbons (Fsp3) is 0.0189. The first-order valence-corrected chi connectivity index (χ1v) is 19.8. The Morgan fingerprint density at radius 2 is 0.914 bits per heavy atom. The normalized spacial score (nSPS) is 14.4. The summed E-state index contributed by atoms with van der Waals surface area (Å²) in [5, 5.41) is 13.3. The van der Waals surface area contributed by atoms with Crippen LogP contribution >= 0.6 is 0 Å². The van der Waals surface area contributed by atoms with Crippen molar-refractivity contribution in [2.45, 2.75) is 6.17 Å². The van der Waals surface area contributed by atoms with Gasteiger partial charge < -0.3 is 14.5 Å². The third-order valence-corrected chi connectivity index (χ3v) is 11.7. The van der Waals surface area contributed by atoms with E-state index in [0.717, 1.165) is 39.4 Å². The van der Waals surface area contributed by atoms with Crippen molar-refractivity contribution in [3.8, 4) is 11.4 Å². The second kappa shape index (κ2) is 12.9. The fourth-order valence-corrected chi connectivity index (χ4v) is 9.07. The van der Waals surface area contributed by atoms with Crippen LogP contribution in [0, 0.1) is 0 Å². The number of amidine groups is 2. The van der Waals surface area contributed by atoms with Gasteiger partial charge >= 0.3 is 0 Å². The van der Waals surface area contributed by atoms with Crippen LogP contribution in [0.15, 0.2) is 210 Å². The maximum atomic E-state index is 5.23. The number of para-hydroxylation sites is 1. The van der Waals surface area contributed by atoms with Crippen molar-refractivity contribution >= 4 is 76.8 Å². The van der Waals surface area contributed by atoms with Crippen LogP contribution in [0.4, 0.5) is 0 Å².